The van der Waals surface area contributed by atoms with E-state index in [2.05, 4.69) is 4.98 Å². The SMILES string of the molecule is O=C(O)Cc1cncc[n+]1CC(=O)c1ccccc1. The summed E-state index contributed by atoms with van der Waals surface area (Å²) in [6.07, 6.45) is 4.45. The second kappa shape index (κ2) is 5.86. The van der Waals surface area contributed by atoms with Gasteiger partial charge in [0.1, 0.15) is 6.42 Å². The average molecular weight is 257 g/mol. The minimum Gasteiger partial charge on any atom is -0.481 e. The van der Waals surface area contributed by atoms with Crippen LogP contribution in [0.4, 0.5) is 0 Å². The maximum atomic E-state index is 12.1. The summed E-state index contributed by atoms with van der Waals surface area (Å²) in [5.74, 6) is -1.02. The Bertz CT molecular complexity index is 597. The summed E-state index contributed by atoms with van der Waals surface area (Å²) in [6.45, 7) is 0.106. The molecule has 1 heterocycles. The molecule has 1 aromatic heterocycles. The zero-order chi connectivity index (χ0) is 13.7. The molecule has 5 nitrogen and oxygen atoms in total. The number of carboxylic acid groups (broad SMARTS) is 1. The zero-order valence-electron chi connectivity index (χ0n) is 10.2. The van der Waals surface area contributed by atoms with Gasteiger partial charge in [-0.2, -0.15) is 4.57 Å². The summed E-state index contributed by atoms with van der Waals surface area (Å²) in [7, 11) is 0. The predicted octanol–water partition coefficient (Wildman–Crippen LogP) is 0.879. The molecule has 2 rings (SSSR count). The highest BCUT2D eigenvalue weighted by Crippen LogP contribution is 2.00. The standard InChI is InChI=1S/C14H12N2O3/c17-13(11-4-2-1-3-5-11)10-16-7-6-15-9-12(16)8-14(18)19/h1-7,9H,8,10H2/p+1. The lowest BCUT2D eigenvalue weighted by Gasteiger charge is -2.01. The van der Waals surface area contributed by atoms with E-state index in [1.165, 1.54) is 12.4 Å². The number of nitrogens with zero attached hydrogens (tertiary/aromatic N) is 2. The van der Waals surface area contributed by atoms with Gasteiger partial charge in [-0.15, -0.1) is 0 Å². The molecule has 0 radical (unpaired) electrons. The maximum absolute atomic E-state index is 12.1. The largest absolute Gasteiger partial charge is 0.481 e. The van der Waals surface area contributed by atoms with Gasteiger partial charge in [-0.05, 0) is 0 Å². The second-order valence-corrected chi connectivity index (χ2v) is 4.06. The number of hydrogen-bond acceptors (Lipinski definition) is 3. The van der Waals surface area contributed by atoms with Gasteiger partial charge >= 0.3 is 5.97 Å². The Balaban J connectivity index is 2.19. The third-order valence-corrected chi connectivity index (χ3v) is 2.67. The van der Waals surface area contributed by atoms with Crippen LogP contribution in [0.3, 0.4) is 0 Å². The van der Waals surface area contributed by atoms with E-state index < -0.39 is 5.97 Å². The average Bonchev–Trinajstić information content (AvgIpc) is 2.41. The Hall–Kier alpha value is -2.56. The number of carbonyl (C=O) groups is 2. The van der Waals surface area contributed by atoms with E-state index in [4.69, 9.17) is 5.11 Å². The summed E-state index contributed by atoms with van der Waals surface area (Å²) < 4.78 is 1.61. The highest BCUT2D eigenvalue weighted by molar-refractivity contribution is 5.94. The molecule has 0 spiro atoms. The molecule has 2 aromatic rings. The number of ketones is 1. The fourth-order valence-electron chi connectivity index (χ4n) is 1.74. The minimum atomic E-state index is -0.950. The smallest absolute Gasteiger partial charge is 0.314 e. The van der Waals surface area contributed by atoms with Crippen LogP contribution < -0.4 is 4.57 Å². The second-order valence-electron chi connectivity index (χ2n) is 4.06. The van der Waals surface area contributed by atoms with Gasteiger partial charge in [-0.25, -0.2) is 0 Å². The molecule has 0 unspecified atom stereocenters. The summed E-state index contributed by atoms with van der Waals surface area (Å²) in [4.78, 5) is 26.7. The van der Waals surface area contributed by atoms with E-state index in [0.717, 1.165) is 0 Å². The fourth-order valence-corrected chi connectivity index (χ4v) is 1.74. The van der Waals surface area contributed by atoms with Crippen molar-refractivity contribution in [2.75, 3.05) is 0 Å². The first kappa shape index (κ1) is 12.9. The van der Waals surface area contributed by atoms with E-state index in [-0.39, 0.29) is 18.7 Å². The lowest BCUT2D eigenvalue weighted by Crippen LogP contribution is -2.42. The fraction of sp³-hybridized carbons (Fsp3) is 0.143. The molecule has 0 aliphatic rings. The van der Waals surface area contributed by atoms with Gasteiger partial charge in [-0.1, -0.05) is 30.3 Å². The number of carbonyl (C=O) groups excluding carboxylic acids is 1. The molecule has 1 aromatic carbocycles. The molecule has 5 heteroatoms. The lowest BCUT2D eigenvalue weighted by molar-refractivity contribution is -0.690. The quantitative estimate of drug-likeness (QED) is 0.637. The Labute approximate surface area is 110 Å². The van der Waals surface area contributed by atoms with Crippen molar-refractivity contribution in [3.8, 4) is 0 Å². The van der Waals surface area contributed by atoms with Gasteiger partial charge in [0.25, 0.3) is 0 Å². The van der Waals surface area contributed by atoms with Crippen molar-refractivity contribution in [2.45, 2.75) is 13.0 Å². The van der Waals surface area contributed by atoms with Crippen molar-refractivity contribution < 1.29 is 19.3 Å². The van der Waals surface area contributed by atoms with Gasteiger partial charge in [0, 0.05) is 5.56 Å². The van der Waals surface area contributed by atoms with Crippen LogP contribution >= 0.6 is 0 Å². The molecule has 0 saturated heterocycles. The first-order valence-electron chi connectivity index (χ1n) is 5.79. The molecule has 0 saturated carbocycles. The molecule has 19 heavy (non-hydrogen) atoms. The molecular weight excluding hydrogens is 244 g/mol. The van der Waals surface area contributed by atoms with E-state index in [0.29, 0.717) is 11.3 Å². The number of rotatable bonds is 5. The number of hydrogen-bond donors (Lipinski definition) is 1. The van der Waals surface area contributed by atoms with Crippen LogP contribution in [0.2, 0.25) is 0 Å². The Morgan fingerprint density at radius 2 is 1.95 bits per heavy atom. The molecule has 0 fully saturated rings. The molecular formula is C14H13N2O3+. The number of aromatic nitrogens is 2. The highest BCUT2D eigenvalue weighted by Gasteiger charge is 2.18. The monoisotopic (exact) mass is 257 g/mol. The number of benzene rings is 1. The number of carboxylic acids is 1. The summed E-state index contributed by atoms with van der Waals surface area (Å²) >= 11 is 0. The minimum absolute atomic E-state index is 0.0663. The van der Waals surface area contributed by atoms with Crippen LogP contribution in [0.1, 0.15) is 16.1 Å². The molecule has 0 amide bonds. The summed E-state index contributed by atoms with van der Waals surface area (Å²) in [5.41, 5.74) is 1.10. The van der Waals surface area contributed by atoms with Crippen molar-refractivity contribution in [3.63, 3.8) is 0 Å². The Morgan fingerprint density at radius 1 is 1.21 bits per heavy atom. The van der Waals surface area contributed by atoms with Crippen LogP contribution in [0.5, 0.6) is 0 Å². The van der Waals surface area contributed by atoms with Crippen molar-refractivity contribution in [2.24, 2.45) is 0 Å². The normalized spacial score (nSPS) is 10.1. The van der Waals surface area contributed by atoms with Gasteiger partial charge in [0.2, 0.25) is 18.0 Å². The van der Waals surface area contributed by atoms with Crippen LogP contribution in [-0.4, -0.2) is 21.8 Å². The molecule has 0 atom stereocenters. The van der Waals surface area contributed by atoms with Gasteiger partial charge in [0.15, 0.2) is 6.20 Å². The van der Waals surface area contributed by atoms with E-state index >= 15 is 0 Å². The Kier molecular flexibility index (Phi) is 3.97. The van der Waals surface area contributed by atoms with Gasteiger partial charge in [-0.3, -0.25) is 14.6 Å². The summed E-state index contributed by atoms with van der Waals surface area (Å²) in [5, 5.41) is 8.82. The third-order valence-electron chi connectivity index (χ3n) is 2.67. The third kappa shape index (κ3) is 3.45. The summed E-state index contributed by atoms with van der Waals surface area (Å²) in [6, 6.07) is 8.90. The predicted molar refractivity (Wildman–Crippen MR) is 66.5 cm³/mol. The van der Waals surface area contributed by atoms with Gasteiger partial charge < -0.3 is 5.11 Å². The van der Waals surface area contributed by atoms with Crippen molar-refractivity contribution in [1.82, 2.24) is 4.98 Å². The first-order valence-corrected chi connectivity index (χ1v) is 5.79. The van der Waals surface area contributed by atoms with Crippen molar-refractivity contribution in [1.29, 1.82) is 0 Å². The first-order chi connectivity index (χ1) is 9.16. The zero-order valence-corrected chi connectivity index (χ0v) is 10.2. The number of Topliss-reactive ketones (excluding diaryl/α,β-unsaturated/α-hetero) is 1. The van der Waals surface area contributed by atoms with Crippen LogP contribution in [-0.2, 0) is 17.8 Å². The van der Waals surface area contributed by atoms with E-state index in [1.54, 1.807) is 35.0 Å². The van der Waals surface area contributed by atoms with Crippen LogP contribution in [0, 0.1) is 0 Å². The van der Waals surface area contributed by atoms with Gasteiger partial charge in [0.05, 0.1) is 12.4 Å². The lowest BCUT2D eigenvalue weighted by atomic mass is 10.1. The van der Waals surface area contributed by atoms with E-state index in [1.807, 2.05) is 6.07 Å². The van der Waals surface area contributed by atoms with Crippen LogP contribution in [0.25, 0.3) is 0 Å². The van der Waals surface area contributed by atoms with E-state index in [9.17, 15) is 9.59 Å². The Morgan fingerprint density at radius 3 is 2.63 bits per heavy atom. The topological polar surface area (TPSA) is 71.1 Å². The molecule has 0 bridgehead atoms. The molecule has 0 aliphatic carbocycles. The number of aliphatic carboxylic acids is 1. The highest BCUT2D eigenvalue weighted by atomic mass is 16.4. The van der Waals surface area contributed by atoms with Crippen molar-refractivity contribution in [3.05, 3.63) is 60.2 Å². The molecule has 1 N–H and O–H groups in total. The van der Waals surface area contributed by atoms with Crippen molar-refractivity contribution >= 4 is 11.8 Å². The maximum Gasteiger partial charge on any atom is 0.314 e. The molecule has 96 valence electrons. The van der Waals surface area contributed by atoms with Crippen LogP contribution in [0.15, 0.2) is 48.9 Å². The molecule has 0 aliphatic heterocycles.